The third-order valence-corrected chi connectivity index (χ3v) is 3.08. The monoisotopic (exact) mass is 169 g/mol. The Morgan fingerprint density at radius 2 is 2.55 bits per heavy atom. The quantitative estimate of drug-likeness (QED) is 0.588. The number of allylic oxidation sites excluding steroid dienone is 2. The minimum atomic E-state index is -0.167. The van der Waals surface area contributed by atoms with Crippen LogP contribution < -0.4 is 0 Å². The van der Waals surface area contributed by atoms with Crippen molar-refractivity contribution in [1.29, 1.82) is 0 Å². The lowest BCUT2D eigenvalue weighted by atomic mass is 10.3. The van der Waals surface area contributed by atoms with Crippen LogP contribution in [0.25, 0.3) is 0 Å². The van der Waals surface area contributed by atoms with Crippen LogP contribution in [0, 0.1) is 0 Å². The van der Waals surface area contributed by atoms with Gasteiger partial charge in [-0.3, -0.25) is 0 Å². The number of thioether (sulfide) groups is 1. The Bertz CT molecular complexity index is 212. The van der Waals surface area contributed by atoms with Gasteiger partial charge in [-0.1, -0.05) is 12.2 Å². The van der Waals surface area contributed by atoms with Gasteiger partial charge in [0, 0.05) is 18.5 Å². The van der Waals surface area contributed by atoms with Crippen molar-refractivity contribution < 1.29 is 5.11 Å². The molecule has 2 aliphatic heterocycles. The summed E-state index contributed by atoms with van der Waals surface area (Å²) in [4.78, 5) is 2.11. The van der Waals surface area contributed by atoms with Crippen molar-refractivity contribution in [2.24, 2.45) is 0 Å². The summed E-state index contributed by atoms with van der Waals surface area (Å²) >= 11 is 1.74. The summed E-state index contributed by atoms with van der Waals surface area (Å²) in [6.07, 6.45) is 7.25. The van der Waals surface area contributed by atoms with Crippen LogP contribution in [0.4, 0.5) is 0 Å². The highest BCUT2D eigenvalue weighted by Crippen LogP contribution is 2.29. The summed E-state index contributed by atoms with van der Waals surface area (Å²) < 4.78 is 0. The van der Waals surface area contributed by atoms with E-state index in [9.17, 15) is 5.11 Å². The number of nitrogens with zero attached hydrogens (tertiary/aromatic N) is 1. The number of hydrogen-bond acceptors (Lipinski definition) is 3. The van der Waals surface area contributed by atoms with Gasteiger partial charge in [-0.05, 0) is 6.42 Å². The summed E-state index contributed by atoms with van der Waals surface area (Å²) in [7, 11) is 0. The fourth-order valence-electron chi connectivity index (χ4n) is 1.30. The first-order chi connectivity index (χ1) is 5.36. The van der Waals surface area contributed by atoms with Gasteiger partial charge in [-0.15, -0.1) is 11.8 Å². The molecule has 2 rings (SSSR count). The number of aliphatic hydroxyl groups is 1. The zero-order valence-electron chi connectivity index (χ0n) is 6.23. The van der Waals surface area contributed by atoms with Gasteiger partial charge >= 0.3 is 0 Å². The Balaban J connectivity index is 2.10. The van der Waals surface area contributed by atoms with Crippen molar-refractivity contribution in [3.8, 4) is 0 Å². The molecular formula is C8H11NOS. The lowest BCUT2D eigenvalue weighted by Gasteiger charge is -2.32. The molecule has 3 heteroatoms. The van der Waals surface area contributed by atoms with Crippen LogP contribution in [0.3, 0.4) is 0 Å². The minimum absolute atomic E-state index is 0.167. The van der Waals surface area contributed by atoms with Crippen LogP contribution in [0.1, 0.15) is 6.42 Å². The molecular weight excluding hydrogens is 158 g/mol. The highest BCUT2D eigenvalue weighted by atomic mass is 32.2. The molecule has 1 fully saturated rings. The Hall–Kier alpha value is -0.410. The van der Waals surface area contributed by atoms with Crippen molar-refractivity contribution in [3.63, 3.8) is 0 Å². The van der Waals surface area contributed by atoms with Crippen molar-refractivity contribution in [2.75, 3.05) is 12.3 Å². The number of aliphatic hydroxyl groups excluding tert-OH is 1. The van der Waals surface area contributed by atoms with Gasteiger partial charge in [0.25, 0.3) is 0 Å². The van der Waals surface area contributed by atoms with Gasteiger partial charge in [0.05, 0.1) is 11.1 Å². The van der Waals surface area contributed by atoms with Crippen molar-refractivity contribution >= 4 is 11.8 Å². The maximum atomic E-state index is 9.32. The van der Waals surface area contributed by atoms with Gasteiger partial charge in [-0.25, -0.2) is 0 Å². The molecule has 1 unspecified atom stereocenters. The Morgan fingerprint density at radius 1 is 1.64 bits per heavy atom. The second-order valence-corrected chi connectivity index (χ2v) is 3.82. The first-order valence-electron chi connectivity index (χ1n) is 3.80. The van der Waals surface area contributed by atoms with E-state index < -0.39 is 0 Å². The first-order valence-corrected chi connectivity index (χ1v) is 4.79. The molecule has 1 saturated heterocycles. The average Bonchev–Trinajstić information content (AvgIpc) is 2.04. The number of hydrogen-bond donors (Lipinski definition) is 1. The van der Waals surface area contributed by atoms with Crippen LogP contribution >= 0.6 is 11.8 Å². The van der Waals surface area contributed by atoms with E-state index in [1.807, 2.05) is 0 Å². The summed E-state index contributed by atoms with van der Waals surface area (Å²) in [5.41, 5.74) is 0. The van der Waals surface area contributed by atoms with Gasteiger partial charge in [-0.2, -0.15) is 0 Å². The molecule has 0 aliphatic carbocycles. The second kappa shape index (κ2) is 2.91. The van der Waals surface area contributed by atoms with Crippen LogP contribution in [0.5, 0.6) is 0 Å². The summed E-state index contributed by atoms with van der Waals surface area (Å²) in [5.74, 6) is 0.843. The average molecular weight is 169 g/mol. The molecule has 0 saturated carbocycles. The normalized spacial score (nSPS) is 29.7. The molecule has 0 aromatic heterocycles. The van der Waals surface area contributed by atoms with E-state index in [4.69, 9.17) is 0 Å². The van der Waals surface area contributed by atoms with E-state index >= 15 is 0 Å². The molecule has 1 N–H and O–H groups in total. The molecule has 0 bridgehead atoms. The molecule has 0 aromatic rings. The molecule has 11 heavy (non-hydrogen) atoms. The van der Waals surface area contributed by atoms with Crippen LogP contribution in [0.2, 0.25) is 0 Å². The van der Waals surface area contributed by atoms with Crippen LogP contribution in [-0.2, 0) is 0 Å². The summed E-state index contributed by atoms with van der Waals surface area (Å²) in [5, 5.41) is 10.6. The van der Waals surface area contributed by atoms with Crippen molar-refractivity contribution in [3.05, 3.63) is 23.4 Å². The fraction of sp³-hybridized carbons (Fsp3) is 0.500. The lowest BCUT2D eigenvalue weighted by molar-refractivity contribution is 0.165. The third-order valence-electron chi connectivity index (χ3n) is 1.83. The molecule has 2 nitrogen and oxygen atoms in total. The molecule has 0 amide bonds. The maximum absolute atomic E-state index is 9.32. The lowest BCUT2D eigenvalue weighted by Crippen LogP contribution is -2.34. The zero-order valence-corrected chi connectivity index (χ0v) is 7.05. The minimum Gasteiger partial charge on any atom is -0.390 e. The second-order valence-electron chi connectivity index (χ2n) is 2.78. The fourth-order valence-corrected chi connectivity index (χ4v) is 2.29. The van der Waals surface area contributed by atoms with Crippen molar-refractivity contribution in [2.45, 2.75) is 12.5 Å². The number of fused-ring (bicyclic) bond motifs is 1. The van der Waals surface area contributed by atoms with Crippen molar-refractivity contribution in [1.82, 2.24) is 4.90 Å². The zero-order chi connectivity index (χ0) is 7.68. The summed E-state index contributed by atoms with van der Waals surface area (Å²) in [6, 6.07) is 0. The third kappa shape index (κ3) is 1.44. The van der Waals surface area contributed by atoms with Crippen LogP contribution in [0.15, 0.2) is 23.4 Å². The molecule has 1 atom stereocenters. The molecule has 0 radical (unpaired) electrons. The smallest absolute Gasteiger partial charge is 0.0813 e. The first kappa shape index (κ1) is 7.25. The standard InChI is InChI=1S/C8H11NOS/c10-7-5-9-4-2-1-3-8(9)11-6-7/h2-4,7,10H,1,5-6H2. The Kier molecular flexibility index (Phi) is 1.92. The van der Waals surface area contributed by atoms with E-state index in [0.717, 1.165) is 18.7 Å². The summed E-state index contributed by atoms with van der Waals surface area (Å²) in [6.45, 7) is 0.759. The molecule has 0 spiro atoms. The molecule has 0 aromatic carbocycles. The van der Waals surface area contributed by atoms with Crippen LogP contribution in [-0.4, -0.2) is 28.4 Å². The van der Waals surface area contributed by atoms with E-state index in [0.29, 0.717) is 0 Å². The van der Waals surface area contributed by atoms with E-state index in [-0.39, 0.29) is 6.10 Å². The van der Waals surface area contributed by atoms with Gasteiger partial charge in [0.15, 0.2) is 0 Å². The highest BCUT2D eigenvalue weighted by Gasteiger charge is 2.20. The highest BCUT2D eigenvalue weighted by molar-refractivity contribution is 8.03. The Morgan fingerprint density at radius 3 is 3.45 bits per heavy atom. The molecule has 2 aliphatic rings. The topological polar surface area (TPSA) is 23.5 Å². The van der Waals surface area contributed by atoms with Gasteiger partial charge < -0.3 is 10.0 Å². The number of rotatable bonds is 0. The van der Waals surface area contributed by atoms with E-state index in [1.165, 1.54) is 5.03 Å². The van der Waals surface area contributed by atoms with E-state index in [1.54, 1.807) is 11.8 Å². The Labute approximate surface area is 70.6 Å². The molecule has 2 heterocycles. The maximum Gasteiger partial charge on any atom is 0.0813 e. The predicted octanol–water partition coefficient (Wildman–Crippen LogP) is 1.15. The van der Waals surface area contributed by atoms with Gasteiger partial charge in [0.1, 0.15) is 0 Å². The largest absolute Gasteiger partial charge is 0.390 e. The predicted molar refractivity (Wildman–Crippen MR) is 47.0 cm³/mol. The van der Waals surface area contributed by atoms with E-state index in [2.05, 4.69) is 23.3 Å². The SMILES string of the molecule is OC1CSC2=CCC=CN2C1. The molecule has 60 valence electrons. The van der Waals surface area contributed by atoms with Gasteiger partial charge in [0.2, 0.25) is 0 Å².